The lowest BCUT2D eigenvalue weighted by Crippen LogP contribution is -2.49. The summed E-state index contributed by atoms with van der Waals surface area (Å²) in [4.78, 5) is 35.0. The molecule has 0 fully saturated rings. The molecule has 20 heavy (non-hydrogen) atoms. The van der Waals surface area contributed by atoms with Gasteiger partial charge in [-0.2, -0.15) is 0 Å². The van der Waals surface area contributed by atoms with Crippen LogP contribution in [-0.2, 0) is 9.59 Å². The van der Waals surface area contributed by atoms with E-state index < -0.39 is 23.9 Å². The second-order valence-corrected chi connectivity index (χ2v) is 5.99. The highest BCUT2D eigenvalue weighted by Crippen LogP contribution is 2.22. The summed E-state index contributed by atoms with van der Waals surface area (Å²) in [5.74, 6) is -1.58. The molecular weight excluding hydrogens is 262 g/mol. The summed E-state index contributed by atoms with van der Waals surface area (Å²) >= 11 is 0. The Balaban J connectivity index is 4.73. The van der Waals surface area contributed by atoms with E-state index in [1.807, 2.05) is 20.8 Å². The molecule has 7 heteroatoms. The van der Waals surface area contributed by atoms with Crippen molar-refractivity contribution in [2.24, 2.45) is 11.1 Å². The highest BCUT2D eigenvalue weighted by Gasteiger charge is 2.24. The zero-order valence-electron chi connectivity index (χ0n) is 12.6. The van der Waals surface area contributed by atoms with Crippen LogP contribution in [0.1, 0.15) is 40.5 Å². The van der Waals surface area contributed by atoms with Crippen LogP contribution in [0.25, 0.3) is 0 Å². The first kappa shape index (κ1) is 18.2. The number of nitrogens with zero attached hydrogens (tertiary/aromatic N) is 1. The van der Waals surface area contributed by atoms with E-state index in [0.29, 0.717) is 13.0 Å². The molecule has 0 spiro atoms. The van der Waals surface area contributed by atoms with Crippen molar-refractivity contribution in [3.05, 3.63) is 0 Å². The minimum Gasteiger partial charge on any atom is -0.481 e. The second-order valence-electron chi connectivity index (χ2n) is 5.99. The Hall–Kier alpha value is -1.79. The third kappa shape index (κ3) is 8.34. The largest absolute Gasteiger partial charge is 0.481 e. The lowest BCUT2D eigenvalue weighted by Gasteiger charge is -2.28. The Morgan fingerprint density at radius 2 is 1.85 bits per heavy atom. The topological polar surface area (TPSA) is 113 Å². The van der Waals surface area contributed by atoms with Crippen molar-refractivity contribution >= 4 is 17.9 Å². The summed E-state index contributed by atoms with van der Waals surface area (Å²) in [7, 11) is 0. The SMILES string of the molecule is CCN(CC(N)=O)C(=O)NC(CC(=O)O)CC(C)(C)C. The van der Waals surface area contributed by atoms with Gasteiger partial charge in [0, 0.05) is 12.6 Å². The molecule has 4 N–H and O–H groups in total. The standard InChI is InChI=1S/C13H25N3O4/c1-5-16(8-10(14)17)12(20)15-9(6-11(18)19)7-13(2,3)4/h9H,5-8H2,1-4H3,(H2,14,17)(H,15,20)(H,18,19). The summed E-state index contributed by atoms with van der Waals surface area (Å²) in [6.45, 7) is 7.76. The van der Waals surface area contributed by atoms with Gasteiger partial charge in [-0.1, -0.05) is 20.8 Å². The first-order valence-corrected chi connectivity index (χ1v) is 6.60. The lowest BCUT2D eigenvalue weighted by atomic mass is 9.87. The number of carboxylic acids is 1. The first-order valence-electron chi connectivity index (χ1n) is 6.60. The van der Waals surface area contributed by atoms with Crippen LogP contribution in [0.3, 0.4) is 0 Å². The maximum absolute atomic E-state index is 12.0. The number of carbonyl (C=O) groups excluding carboxylic acids is 2. The minimum absolute atomic E-state index is 0.117. The molecule has 116 valence electrons. The zero-order chi connectivity index (χ0) is 15.9. The monoisotopic (exact) mass is 287 g/mol. The number of rotatable bonds is 7. The highest BCUT2D eigenvalue weighted by molar-refractivity contribution is 5.83. The van der Waals surface area contributed by atoms with E-state index in [2.05, 4.69) is 5.32 Å². The summed E-state index contributed by atoms with van der Waals surface area (Å²) in [5.41, 5.74) is 4.95. The first-order chi connectivity index (χ1) is 9.05. The Labute approximate surface area is 119 Å². The Bertz CT molecular complexity index is 363. The van der Waals surface area contributed by atoms with Crippen molar-refractivity contribution in [3.63, 3.8) is 0 Å². The highest BCUT2D eigenvalue weighted by atomic mass is 16.4. The van der Waals surface area contributed by atoms with Crippen LogP contribution in [0, 0.1) is 5.41 Å². The van der Waals surface area contributed by atoms with Gasteiger partial charge in [-0.05, 0) is 18.8 Å². The quantitative estimate of drug-likeness (QED) is 0.642. The van der Waals surface area contributed by atoms with E-state index in [0.717, 1.165) is 0 Å². The van der Waals surface area contributed by atoms with Gasteiger partial charge in [0.25, 0.3) is 0 Å². The van der Waals surface area contributed by atoms with Crippen molar-refractivity contribution < 1.29 is 19.5 Å². The number of nitrogens with two attached hydrogens (primary N) is 1. The van der Waals surface area contributed by atoms with Crippen molar-refractivity contribution in [1.29, 1.82) is 0 Å². The van der Waals surface area contributed by atoms with E-state index in [9.17, 15) is 14.4 Å². The lowest BCUT2D eigenvalue weighted by molar-refractivity contribution is -0.137. The molecule has 7 nitrogen and oxygen atoms in total. The van der Waals surface area contributed by atoms with E-state index in [-0.39, 0.29) is 18.4 Å². The van der Waals surface area contributed by atoms with Crippen LogP contribution in [-0.4, -0.2) is 47.0 Å². The van der Waals surface area contributed by atoms with E-state index >= 15 is 0 Å². The fraction of sp³-hybridized carbons (Fsp3) is 0.769. The summed E-state index contributed by atoms with van der Waals surface area (Å²) in [6, 6.07) is -0.955. The normalized spacial score (nSPS) is 12.6. The average Bonchev–Trinajstić information content (AvgIpc) is 2.21. The molecule has 0 heterocycles. The summed E-state index contributed by atoms with van der Waals surface area (Å²) in [5, 5.41) is 11.6. The van der Waals surface area contributed by atoms with Crippen LogP contribution in [0.2, 0.25) is 0 Å². The molecule has 1 atom stereocenters. The van der Waals surface area contributed by atoms with Crippen molar-refractivity contribution in [3.8, 4) is 0 Å². The number of likely N-dealkylation sites (N-methyl/N-ethyl adjacent to an activating group) is 1. The molecular formula is C13H25N3O4. The van der Waals surface area contributed by atoms with Crippen LogP contribution < -0.4 is 11.1 Å². The number of aliphatic carboxylic acids is 1. The van der Waals surface area contributed by atoms with E-state index in [1.54, 1.807) is 6.92 Å². The molecule has 0 aliphatic heterocycles. The molecule has 0 aromatic rings. The molecule has 0 radical (unpaired) electrons. The van der Waals surface area contributed by atoms with Crippen molar-refractivity contribution in [2.75, 3.05) is 13.1 Å². The molecule has 0 aliphatic rings. The number of hydrogen-bond acceptors (Lipinski definition) is 3. The van der Waals surface area contributed by atoms with Crippen LogP contribution in [0.4, 0.5) is 4.79 Å². The maximum Gasteiger partial charge on any atom is 0.318 e. The van der Waals surface area contributed by atoms with Gasteiger partial charge in [0.1, 0.15) is 6.54 Å². The third-order valence-electron chi connectivity index (χ3n) is 2.62. The predicted molar refractivity (Wildman–Crippen MR) is 75.1 cm³/mol. The molecule has 3 amide bonds. The van der Waals surface area contributed by atoms with Crippen LogP contribution in [0.5, 0.6) is 0 Å². The number of amides is 3. The molecule has 0 aromatic carbocycles. The fourth-order valence-electron chi connectivity index (χ4n) is 1.91. The fourth-order valence-corrected chi connectivity index (χ4v) is 1.91. The molecule has 0 aliphatic carbocycles. The Morgan fingerprint density at radius 3 is 2.20 bits per heavy atom. The van der Waals surface area contributed by atoms with Crippen molar-refractivity contribution in [2.45, 2.75) is 46.6 Å². The van der Waals surface area contributed by atoms with Crippen LogP contribution >= 0.6 is 0 Å². The Kier molecular flexibility index (Phi) is 7.02. The van der Waals surface area contributed by atoms with E-state index in [4.69, 9.17) is 10.8 Å². The number of nitrogens with one attached hydrogen (secondary N) is 1. The second kappa shape index (κ2) is 7.72. The van der Waals surface area contributed by atoms with Crippen molar-refractivity contribution in [1.82, 2.24) is 10.2 Å². The molecule has 0 saturated heterocycles. The van der Waals surface area contributed by atoms with Gasteiger partial charge in [-0.3, -0.25) is 9.59 Å². The van der Waals surface area contributed by atoms with Gasteiger partial charge in [0.15, 0.2) is 0 Å². The molecule has 0 saturated carbocycles. The molecule has 0 bridgehead atoms. The van der Waals surface area contributed by atoms with Gasteiger partial charge in [0.05, 0.1) is 6.42 Å². The van der Waals surface area contributed by atoms with Gasteiger partial charge in [-0.15, -0.1) is 0 Å². The smallest absolute Gasteiger partial charge is 0.318 e. The number of urea groups is 1. The number of primary amides is 1. The number of carboxylic acid groups (broad SMARTS) is 1. The van der Waals surface area contributed by atoms with Gasteiger partial charge in [0.2, 0.25) is 5.91 Å². The minimum atomic E-state index is -0.975. The molecule has 0 aromatic heterocycles. The maximum atomic E-state index is 12.0. The van der Waals surface area contributed by atoms with Gasteiger partial charge in [-0.25, -0.2) is 4.79 Å². The zero-order valence-corrected chi connectivity index (χ0v) is 12.6. The average molecular weight is 287 g/mol. The molecule has 0 rings (SSSR count). The summed E-state index contributed by atoms with van der Waals surface area (Å²) < 4.78 is 0. The summed E-state index contributed by atoms with van der Waals surface area (Å²) in [6.07, 6.45) is 0.371. The van der Waals surface area contributed by atoms with Gasteiger partial charge < -0.3 is 21.1 Å². The predicted octanol–water partition coefficient (Wildman–Crippen LogP) is 0.783. The third-order valence-corrected chi connectivity index (χ3v) is 2.62. The number of hydrogen-bond donors (Lipinski definition) is 3. The van der Waals surface area contributed by atoms with E-state index in [1.165, 1.54) is 4.90 Å². The van der Waals surface area contributed by atoms with Gasteiger partial charge >= 0.3 is 12.0 Å². The molecule has 1 unspecified atom stereocenters. The Morgan fingerprint density at radius 1 is 1.30 bits per heavy atom. The van der Waals surface area contributed by atoms with Crippen LogP contribution in [0.15, 0.2) is 0 Å². The number of carbonyl (C=O) groups is 3.